The molecule has 0 saturated carbocycles. The predicted molar refractivity (Wildman–Crippen MR) is 74.2 cm³/mol. The fourth-order valence-electron chi connectivity index (χ4n) is 1.92. The molecule has 0 fully saturated rings. The van der Waals surface area contributed by atoms with Gasteiger partial charge in [0, 0.05) is 5.56 Å². The van der Waals surface area contributed by atoms with Crippen LogP contribution in [0, 0.1) is 0 Å². The van der Waals surface area contributed by atoms with Crippen molar-refractivity contribution in [3.63, 3.8) is 0 Å². The second-order valence-corrected chi connectivity index (χ2v) is 4.66. The average molecular weight is 242 g/mol. The first-order valence-corrected chi connectivity index (χ1v) is 6.09. The number of methoxy groups -OCH3 is 1. The first kappa shape index (κ1) is 12.5. The number of rotatable bonds is 3. The third-order valence-corrected chi connectivity index (χ3v) is 3.09. The van der Waals surface area contributed by atoms with Crippen LogP contribution in [0.3, 0.4) is 0 Å². The van der Waals surface area contributed by atoms with E-state index in [0.29, 0.717) is 5.92 Å². The van der Waals surface area contributed by atoms with E-state index in [0.717, 1.165) is 16.9 Å². The minimum atomic E-state index is 0.271. The maximum atomic E-state index is 9.91. The van der Waals surface area contributed by atoms with Gasteiger partial charge in [-0.25, -0.2) is 0 Å². The molecule has 2 heteroatoms. The van der Waals surface area contributed by atoms with Gasteiger partial charge in [0.15, 0.2) is 0 Å². The Kier molecular flexibility index (Phi) is 3.56. The fourth-order valence-corrected chi connectivity index (χ4v) is 1.92. The highest BCUT2D eigenvalue weighted by Crippen LogP contribution is 2.33. The van der Waals surface area contributed by atoms with E-state index in [1.165, 1.54) is 5.56 Å². The highest BCUT2D eigenvalue weighted by molar-refractivity contribution is 5.71. The average Bonchev–Trinajstić information content (AvgIpc) is 2.39. The van der Waals surface area contributed by atoms with Gasteiger partial charge in [-0.3, -0.25) is 0 Å². The molecule has 0 spiro atoms. The molecule has 2 aromatic rings. The molecule has 1 N–H and O–H groups in total. The lowest BCUT2D eigenvalue weighted by Crippen LogP contribution is -1.88. The molecule has 0 aromatic heterocycles. The Morgan fingerprint density at radius 3 is 2.22 bits per heavy atom. The topological polar surface area (TPSA) is 29.5 Å². The van der Waals surface area contributed by atoms with E-state index in [9.17, 15) is 5.11 Å². The quantitative estimate of drug-likeness (QED) is 0.874. The first-order valence-electron chi connectivity index (χ1n) is 6.09. The molecular formula is C16H18O2. The van der Waals surface area contributed by atoms with Crippen molar-refractivity contribution in [3.8, 4) is 22.6 Å². The van der Waals surface area contributed by atoms with Crippen molar-refractivity contribution in [1.82, 2.24) is 0 Å². The summed E-state index contributed by atoms with van der Waals surface area (Å²) in [5.74, 6) is 1.53. The number of hydrogen-bond acceptors (Lipinski definition) is 2. The predicted octanol–water partition coefficient (Wildman–Crippen LogP) is 4.19. The Balaban J connectivity index is 2.41. The fraction of sp³-hybridized carbons (Fsp3) is 0.250. The molecule has 2 nitrogen and oxygen atoms in total. The van der Waals surface area contributed by atoms with Crippen molar-refractivity contribution in [2.45, 2.75) is 19.8 Å². The molecule has 0 aliphatic carbocycles. The highest BCUT2D eigenvalue weighted by Gasteiger charge is 2.07. The van der Waals surface area contributed by atoms with Crippen LogP contribution in [-0.2, 0) is 0 Å². The van der Waals surface area contributed by atoms with Gasteiger partial charge < -0.3 is 9.84 Å². The van der Waals surface area contributed by atoms with Crippen LogP contribution in [-0.4, -0.2) is 12.2 Å². The third-order valence-electron chi connectivity index (χ3n) is 3.09. The minimum Gasteiger partial charge on any atom is -0.507 e. The van der Waals surface area contributed by atoms with Crippen molar-refractivity contribution in [2.75, 3.05) is 7.11 Å². The van der Waals surface area contributed by atoms with Gasteiger partial charge in [-0.15, -0.1) is 0 Å². The minimum absolute atomic E-state index is 0.271. The number of aromatic hydroxyl groups is 1. The number of phenols is 1. The van der Waals surface area contributed by atoms with Crippen LogP contribution < -0.4 is 4.74 Å². The van der Waals surface area contributed by atoms with Crippen LogP contribution in [0.2, 0.25) is 0 Å². The summed E-state index contributed by atoms with van der Waals surface area (Å²) in [6, 6.07) is 13.5. The zero-order chi connectivity index (χ0) is 13.1. The molecule has 0 saturated heterocycles. The summed E-state index contributed by atoms with van der Waals surface area (Å²) in [6.07, 6.45) is 0. The lowest BCUT2D eigenvalue weighted by molar-refractivity contribution is 0.412. The zero-order valence-electron chi connectivity index (χ0n) is 11.0. The zero-order valence-corrected chi connectivity index (χ0v) is 11.0. The number of phenolic OH excluding ortho intramolecular Hbond substituents is 1. The van der Waals surface area contributed by atoms with Crippen molar-refractivity contribution < 1.29 is 9.84 Å². The molecule has 94 valence electrons. The monoisotopic (exact) mass is 242 g/mol. The SMILES string of the molecule is COc1ccc(O)c(-c2ccc(C(C)C)cc2)c1. The Hall–Kier alpha value is -1.96. The van der Waals surface area contributed by atoms with Crippen LogP contribution >= 0.6 is 0 Å². The van der Waals surface area contributed by atoms with Crippen LogP contribution in [0.1, 0.15) is 25.3 Å². The summed E-state index contributed by atoms with van der Waals surface area (Å²) in [5.41, 5.74) is 3.08. The highest BCUT2D eigenvalue weighted by atomic mass is 16.5. The van der Waals surface area contributed by atoms with Crippen molar-refractivity contribution in [2.24, 2.45) is 0 Å². The van der Waals surface area contributed by atoms with E-state index in [1.54, 1.807) is 19.2 Å². The van der Waals surface area contributed by atoms with Gasteiger partial charge in [-0.1, -0.05) is 38.1 Å². The summed E-state index contributed by atoms with van der Waals surface area (Å²) in [4.78, 5) is 0. The van der Waals surface area contributed by atoms with Gasteiger partial charge in [0.25, 0.3) is 0 Å². The van der Waals surface area contributed by atoms with E-state index in [2.05, 4.69) is 26.0 Å². The Morgan fingerprint density at radius 1 is 1.00 bits per heavy atom. The van der Waals surface area contributed by atoms with Crippen molar-refractivity contribution in [3.05, 3.63) is 48.0 Å². The van der Waals surface area contributed by atoms with E-state index < -0.39 is 0 Å². The van der Waals surface area contributed by atoms with Gasteiger partial charge >= 0.3 is 0 Å². The van der Waals surface area contributed by atoms with E-state index in [4.69, 9.17) is 4.74 Å². The first-order chi connectivity index (χ1) is 8.61. The molecule has 0 heterocycles. The smallest absolute Gasteiger partial charge is 0.123 e. The lowest BCUT2D eigenvalue weighted by Gasteiger charge is -2.09. The molecule has 0 radical (unpaired) electrons. The van der Waals surface area contributed by atoms with Crippen LogP contribution in [0.4, 0.5) is 0 Å². The Morgan fingerprint density at radius 2 is 1.67 bits per heavy atom. The van der Waals surface area contributed by atoms with Gasteiger partial charge in [-0.05, 0) is 35.2 Å². The van der Waals surface area contributed by atoms with Crippen molar-refractivity contribution in [1.29, 1.82) is 0 Å². The summed E-state index contributed by atoms with van der Waals surface area (Å²) in [6.45, 7) is 4.33. The molecule has 18 heavy (non-hydrogen) atoms. The third kappa shape index (κ3) is 2.48. The maximum absolute atomic E-state index is 9.91. The van der Waals surface area contributed by atoms with Gasteiger partial charge in [0.1, 0.15) is 11.5 Å². The largest absolute Gasteiger partial charge is 0.507 e. The maximum Gasteiger partial charge on any atom is 0.123 e. The summed E-state index contributed by atoms with van der Waals surface area (Å²) in [7, 11) is 1.62. The van der Waals surface area contributed by atoms with Gasteiger partial charge in [0.05, 0.1) is 7.11 Å². The molecule has 0 aliphatic rings. The molecule has 2 rings (SSSR count). The molecule has 0 aliphatic heterocycles. The second kappa shape index (κ2) is 5.13. The molecule has 0 atom stereocenters. The number of hydrogen-bond donors (Lipinski definition) is 1. The second-order valence-electron chi connectivity index (χ2n) is 4.66. The van der Waals surface area contributed by atoms with Crippen LogP contribution in [0.25, 0.3) is 11.1 Å². The standard InChI is InChI=1S/C16H18O2/c1-11(2)12-4-6-13(7-5-12)15-10-14(18-3)8-9-16(15)17/h4-11,17H,1-3H3. The van der Waals surface area contributed by atoms with Crippen LogP contribution in [0.15, 0.2) is 42.5 Å². The van der Waals surface area contributed by atoms with E-state index in [-0.39, 0.29) is 5.75 Å². The normalized spacial score (nSPS) is 10.7. The Labute approximate surface area is 108 Å². The Bertz CT molecular complexity index is 527. The summed E-state index contributed by atoms with van der Waals surface area (Å²) < 4.78 is 5.18. The van der Waals surface area contributed by atoms with Gasteiger partial charge in [0.2, 0.25) is 0 Å². The molecule has 2 aromatic carbocycles. The van der Waals surface area contributed by atoms with Crippen molar-refractivity contribution >= 4 is 0 Å². The lowest BCUT2D eigenvalue weighted by atomic mass is 9.98. The number of ether oxygens (including phenoxy) is 1. The van der Waals surface area contributed by atoms with E-state index in [1.807, 2.05) is 18.2 Å². The summed E-state index contributed by atoms with van der Waals surface area (Å²) >= 11 is 0. The molecule has 0 unspecified atom stereocenters. The van der Waals surface area contributed by atoms with Gasteiger partial charge in [-0.2, -0.15) is 0 Å². The van der Waals surface area contributed by atoms with E-state index >= 15 is 0 Å². The number of benzene rings is 2. The van der Waals surface area contributed by atoms with Crippen LogP contribution in [0.5, 0.6) is 11.5 Å². The molecule has 0 amide bonds. The molecular weight excluding hydrogens is 224 g/mol. The molecule has 0 bridgehead atoms. The summed E-state index contributed by atoms with van der Waals surface area (Å²) in [5, 5.41) is 9.91.